The van der Waals surface area contributed by atoms with Gasteiger partial charge in [-0.05, 0) is 68.9 Å². The van der Waals surface area contributed by atoms with E-state index in [9.17, 15) is 10.1 Å². The molecule has 1 atom stereocenters. The van der Waals surface area contributed by atoms with Gasteiger partial charge in [0.25, 0.3) is 5.91 Å². The van der Waals surface area contributed by atoms with Gasteiger partial charge in [-0.15, -0.1) is 0 Å². The molecule has 1 aliphatic rings. The summed E-state index contributed by atoms with van der Waals surface area (Å²) in [6.07, 6.45) is 1.45. The molecule has 2 aromatic carbocycles. The third-order valence-corrected chi connectivity index (χ3v) is 7.34. The van der Waals surface area contributed by atoms with Crippen molar-refractivity contribution in [3.8, 4) is 6.07 Å². The van der Waals surface area contributed by atoms with Gasteiger partial charge >= 0.3 is 0 Å². The summed E-state index contributed by atoms with van der Waals surface area (Å²) in [6, 6.07) is 12.0. The van der Waals surface area contributed by atoms with Crippen LogP contribution in [0.2, 0.25) is 10.0 Å². The van der Waals surface area contributed by atoms with Crippen LogP contribution in [0.1, 0.15) is 39.2 Å². The van der Waals surface area contributed by atoms with Gasteiger partial charge in [0, 0.05) is 54.2 Å². The summed E-state index contributed by atoms with van der Waals surface area (Å²) < 4.78 is 2.06. The maximum absolute atomic E-state index is 13.2. The molecule has 0 saturated carbocycles. The standard InChI is InChI=1S/C25H26Cl2N4O/c1-15-9-16(13-28)10-23-20(15)11-18(30(23)4)12-21-22(26)6-5-19(24(21)27)25(32)31-8-7-17(14-31)29(2)3/h5-6,9-11,17H,7-8,12,14H2,1-4H3. The van der Waals surface area contributed by atoms with Crippen LogP contribution in [0.3, 0.4) is 0 Å². The van der Waals surface area contributed by atoms with Crippen LogP contribution in [0.5, 0.6) is 0 Å². The second kappa shape index (κ2) is 8.78. The van der Waals surface area contributed by atoms with Crippen LogP contribution in [0, 0.1) is 18.3 Å². The molecule has 1 aliphatic heterocycles. The van der Waals surface area contributed by atoms with Crippen LogP contribution in [0.4, 0.5) is 0 Å². The molecule has 0 spiro atoms. The van der Waals surface area contributed by atoms with E-state index in [0.29, 0.717) is 40.2 Å². The number of amides is 1. The van der Waals surface area contributed by atoms with Crippen molar-refractivity contribution in [3.63, 3.8) is 0 Å². The Labute approximate surface area is 198 Å². The van der Waals surface area contributed by atoms with Gasteiger partial charge < -0.3 is 14.4 Å². The fraction of sp³-hybridized carbons (Fsp3) is 0.360. The smallest absolute Gasteiger partial charge is 0.255 e. The fourth-order valence-corrected chi connectivity index (χ4v) is 5.11. The highest BCUT2D eigenvalue weighted by molar-refractivity contribution is 6.38. The van der Waals surface area contributed by atoms with Crippen LogP contribution in [-0.4, -0.2) is 53.5 Å². The number of benzene rings is 2. The van der Waals surface area contributed by atoms with Crippen molar-refractivity contribution < 1.29 is 4.79 Å². The van der Waals surface area contributed by atoms with E-state index in [1.54, 1.807) is 12.1 Å². The van der Waals surface area contributed by atoms with E-state index in [2.05, 4.69) is 21.6 Å². The van der Waals surface area contributed by atoms with Crippen molar-refractivity contribution >= 4 is 40.0 Å². The Morgan fingerprint density at radius 1 is 1.25 bits per heavy atom. The molecule has 3 aromatic rings. The number of fused-ring (bicyclic) bond motifs is 1. The summed E-state index contributed by atoms with van der Waals surface area (Å²) in [5.74, 6) is -0.0520. The second-order valence-corrected chi connectivity index (χ2v) is 9.54. The zero-order valence-electron chi connectivity index (χ0n) is 18.7. The summed E-state index contributed by atoms with van der Waals surface area (Å²) in [5, 5.41) is 11.4. The van der Waals surface area contributed by atoms with Crippen molar-refractivity contribution in [1.82, 2.24) is 14.4 Å². The lowest BCUT2D eigenvalue weighted by Crippen LogP contribution is -2.34. The van der Waals surface area contributed by atoms with E-state index < -0.39 is 0 Å². The lowest BCUT2D eigenvalue weighted by molar-refractivity contribution is 0.0783. The first-order valence-electron chi connectivity index (χ1n) is 10.6. The van der Waals surface area contributed by atoms with Crippen molar-refractivity contribution in [2.45, 2.75) is 25.8 Å². The second-order valence-electron chi connectivity index (χ2n) is 8.75. The zero-order valence-corrected chi connectivity index (χ0v) is 20.3. The lowest BCUT2D eigenvalue weighted by atomic mass is 10.0. The van der Waals surface area contributed by atoms with Gasteiger partial charge in [-0.1, -0.05) is 23.2 Å². The minimum absolute atomic E-state index is 0.0520. The molecule has 1 fully saturated rings. The van der Waals surface area contributed by atoms with Crippen molar-refractivity contribution in [2.24, 2.45) is 7.05 Å². The molecule has 32 heavy (non-hydrogen) atoms. The molecular formula is C25H26Cl2N4O. The molecule has 1 saturated heterocycles. The summed E-state index contributed by atoms with van der Waals surface area (Å²) in [4.78, 5) is 17.2. The van der Waals surface area contributed by atoms with E-state index >= 15 is 0 Å². The molecule has 0 radical (unpaired) electrons. The topological polar surface area (TPSA) is 52.3 Å². The van der Waals surface area contributed by atoms with Gasteiger partial charge in [0.05, 0.1) is 22.2 Å². The van der Waals surface area contributed by atoms with Crippen LogP contribution in [-0.2, 0) is 13.5 Å². The number of likely N-dealkylation sites (N-methyl/N-ethyl adjacent to an activating group) is 1. The van der Waals surface area contributed by atoms with E-state index in [-0.39, 0.29) is 5.91 Å². The Morgan fingerprint density at radius 2 is 2.00 bits per heavy atom. The maximum Gasteiger partial charge on any atom is 0.255 e. The van der Waals surface area contributed by atoms with Gasteiger partial charge in [0.2, 0.25) is 0 Å². The number of carbonyl (C=O) groups is 1. The fourth-order valence-electron chi connectivity index (χ4n) is 4.52. The maximum atomic E-state index is 13.2. The third kappa shape index (κ3) is 3.99. The van der Waals surface area contributed by atoms with Crippen molar-refractivity contribution in [3.05, 3.63) is 68.3 Å². The molecule has 4 rings (SSSR count). The summed E-state index contributed by atoms with van der Waals surface area (Å²) in [6.45, 7) is 3.42. The molecule has 0 aliphatic carbocycles. The highest BCUT2D eigenvalue weighted by atomic mass is 35.5. The number of nitrogens with zero attached hydrogens (tertiary/aromatic N) is 4. The van der Waals surface area contributed by atoms with E-state index in [0.717, 1.165) is 40.7 Å². The van der Waals surface area contributed by atoms with Crippen LogP contribution in [0.25, 0.3) is 10.9 Å². The predicted octanol–water partition coefficient (Wildman–Crippen LogP) is 5.03. The average Bonchev–Trinajstić information content (AvgIpc) is 3.37. The van der Waals surface area contributed by atoms with Crippen molar-refractivity contribution in [2.75, 3.05) is 27.2 Å². The van der Waals surface area contributed by atoms with Gasteiger partial charge in [-0.2, -0.15) is 5.26 Å². The third-order valence-electron chi connectivity index (χ3n) is 6.55. The molecule has 1 unspecified atom stereocenters. The monoisotopic (exact) mass is 468 g/mol. The van der Waals surface area contributed by atoms with E-state index in [4.69, 9.17) is 23.2 Å². The van der Waals surface area contributed by atoms with Gasteiger partial charge in [0.15, 0.2) is 0 Å². The number of carbonyl (C=O) groups excluding carboxylic acids is 1. The Hall–Kier alpha value is -2.52. The molecular weight excluding hydrogens is 443 g/mol. The Balaban J connectivity index is 1.69. The minimum Gasteiger partial charge on any atom is -0.347 e. The molecule has 1 amide bonds. The molecule has 166 valence electrons. The molecule has 0 N–H and O–H groups in total. The number of rotatable bonds is 4. The molecule has 0 bridgehead atoms. The van der Waals surface area contributed by atoms with Gasteiger partial charge in [-0.25, -0.2) is 0 Å². The highest BCUT2D eigenvalue weighted by Crippen LogP contribution is 2.33. The SMILES string of the molecule is Cc1cc(C#N)cc2c1cc(Cc1c(Cl)ccc(C(=O)N3CCC(N(C)C)C3)c1Cl)n2C. The number of halogens is 2. The number of likely N-dealkylation sites (tertiary alicyclic amines) is 1. The minimum atomic E-state index is -0.0520. The Morgan fingerprint density at radius 3 is 2.66 bits per heavy atom. The number of nitriles is 1. The Bertz CT molecular complexity index is 1260. The van der Waals surface area contributed by atoms with E-state index in [1.807, 2.05) is 45.1 Å². The molecule has 7 heteroatoms. The summed E-state index contributed by atoms with van der Waals surface area (Å²) >= 11 is 13.3. The average molecular weight is 469 g/mol. The zero-order chi connectivity index (χ0) is 23.2. The number of hydrogen-bond donors (Lipinski definition) is 0. The highest BCUT2D eigenvalue weighted by Gasteiger charge is 2.30. The quantitative estimate of drug-likeness (QED) is 0.539. The molecule has 5 nitrogen and oxygen atoms in total. The van der Waals surface area contributed by atoms with Crippen LogP contribution in [0.15, 0.2) is 30.3 Å². The Kier molecular flexibility index (Phi) is 6.22. The first-order chi connectivity index (χ1) is 15.2. The first kappa shape index (κ1) is 22.7. The van der Waals surface area contributed by atoms with Crippen LogP contribution >= 0.6 is 23.2 Å². The predicted molar refractivity (Wildman–Crippen MR) is 130 cm³/mol. The number of aromatic nitrogens is 1. The normalized spacial score (nSPS) is 16.2. The van der Waals surface area contributed by atoms with Crippen molar-refractivity contribution in [1.29, 1.82) is 5.26 Å². The summed E-state index contributed by atoms with van der Waals surface area (Å²) in [5.41, 5.74) is 4.92. The van der Waals surface area contributed by atoms with Crippen LogP contribution < -0.4 is 0 Å². The largest absolute Gasteiger partial charge is 0.347 e. The molecule has 1 aromatic heterocycles. The molecule has 2 heterocycles. The number of hydrogen-bond acceptors (Lipinski definition) is 3. The van der Waals surface area contributed by atoms with Gasteiger partial charge in [0.1, 0.15) is 0 Å². The summed E-state index contributed by atoms with van der Waals surface area (Å²) in [7, 11) is 6.05. The van der Waals surface area contributed by atoms with Gasteiger partial charge in [-0.3, -0.25) is 4.79 Å². The first-order valence-corrected chi connectivity index (χ1v) is 11.4. The number of aryl methyl sites for hydroxylation is 2. The lowest BCUT2D eigenvalue weighted by Gasteiger charge is -2.21. The van der Waals surface area contributed by atoms with E-state index in [1.165, 1.54) is 0 Å².